The second-order valence-electron chi connectivity index (χ2n) is 29.5. The summed E-state index contributed by atoms with van der Waals surface area (Å²) in [7, 11) is -9.92. The molecule has 0 spiro atoms. The molecule has 576 valence electrons. The monoisotopic (exact) mass is 1420 g/mol. The van der Waals surface area contributed by atoms with Gasteiger partial charge in [-0.15, -0.1) is 0 Å². The van der Waals surface area contributed by atoms with Crippen LogP contribution in [-0.4, -0.2) is 96.7 Å². The van der Waals surface area contributed by atoms with Crippen LogP contribution >= 0.6 is 15.6 Å². The lowest BCUT2D eigenvalue weighted by atomic mass is 10.0. The molecule has 17 nitrogen and oxygen atoms in total. The van der Waals surface area contributed by atoms with Crippen LogP contribution in [0.5, 0.6) is 0 Å². The SMILES string of the molecule is CCCCCCCCCCCCCCCCCCCC(=O)O[C@H](COC(=O)CCCCCCCCCCCCCCCC(C)C)COP(=O)(O)OC[C@@H](O)COP(=O)(O)OC[C@@H](COC(=O)CCCCCCCCC(C)C)OC(=O)CCCCCCCCCCCCCCC(C)C. The van der Waals surface area contributed by atoms with Crippen molar-refractivity contribution in [1.82, 2.24) is 0 Å². The van der Waals surface area contributed by atoms with Gasteiger partial charge in [-0.2, -0.15) is 0 Å². The van der Waals surface area contributed by atoms with Gasteiger partial charge in [-0.05, 0) is 43.4 Å². The average molecular weight is 1420 g/mol. The van der Waals surface area contributed by atoms with Gasteiger partial charge in [0, 0.05) is 25.7 Å². The molecule has 97 heavy (non-hydrogen) atoms. The van der Waals surface area contributed by atoms with Gasteiger partial charge in [0.25, 0.3) is 0 Å². The second kappa shape index (κ2) is 68.5. The molecule has 0 aromatic heterocycles. The first-order valence-corrected chi connectivity index (χ1v) is 43.3. The highest BCUT2D eigenvalue weighted by Gasteiger charge is 2.30. The Kier molecular flexibility index (Phi) is 67.1. The predicted octanol–water partition coefficient (Wildman–Crippen LogP) is 23.0. The van der Waals surface area contributed by atoms with E-state index in [-0.39, 0.29) is 25.7 Å². The maximum absolute atomic E-state index is 13.1. The van der Waals surface area contributed by atoms with Crippen LogP contribution in [0.2, 0.25) is 0 Å². The molecule has 0 aromatic carbocycles. The van der Waals surface area contributed by atoms with Crippen LogP contribution in [0.3, 0.4) is 0 Å². The van der Waals surface area contributed by atoms with Gasteiger partial charge in [0.2, 0.25) is 0 Å². The standard InChI is InChI=1S/C78H152O17P2/c1-8-9-10-11-12-13-14-15-16-17-18-21-28-33-38-47-54-61-77(82)94-73(65-88-75(80)59-52-45-37-32-27-22-19-20-25-30-35-42-49-56-69(2)3)67-92-96(84,85)90-63-72(79)64-91-97(86,87)93-68-74(66-89-76(81)60-53-46-41-40-44-51-58-71(6)7)95-78(83)62-55-48-39-34-29-24-23-26-31-36-43-50-57-70(4)5/h69-74,79H,8-68H2,1-7H3,(H,84,85)(H,86,87)/t72-,73-,74-/m1/s1. The summed E-state index contributed by atoms with van der Waals surface area (Å²) in [5.41, 5.74) is 0. The molecule has 0 bridgehead atoms. The molecule has 0 radical (unpaired) electrons. The molecule has 0 aliphatic heterocycles. The van der Waals surface area contributed by atoms with E-state index in [2.05, 4.69) is 48.5 Å². The molecule has 2 unspecified atom stereocenters. The van der Waals surface area contributed by atoms with E-state index in [9.17, 15) is 43.2 Å². The molecule has 0 amide bonds. The Labute approximate surface area is 594 Å². The number of ether oxygens (including phenoxy) is 4. The molecule has 0 fully saturated rings. The summed E-state index contributed by atoms with van der Waals surface area (Å²) in [6.45, 7) is 11.9. The number of esters is 4. The van der Waals surface area contributed by atoms with Crippen molar-refractivity contribution in [1.29, 1.82) is 0 Å². The molecule has 0 saturated carbocycles. The normalized spacial score (nSPS) is 14.0. The molecule has 0 heterocycles. The highest BCUT2D eigenvalue weighted by Crippen LogP contribution is 2.45. The highest BCUT2D eigenvalue weighted by molar-refractivity contribution is 7.47. The molecule has 0 saturated heterocycles. The van der Waals surface area contributed by atoms with E-state index >= 15 is 0 Å². The van der Waals surface area contributed by atoms with Crippen molar-refractivity contribution in [3.63, 3.8) is 0 Å². The lowest BCUT2D eigenvalue weighted by Crippen LogP contribution is -2.30. The largest absolute Gasteiger partial charge is 0.472 e. The molecule has 0 aromatic rings. The molecular formula is C78H152O17P2. The van der Waals surface area contributed by atoms with Crippen molar-refractivity contribution < 1.29 is 80.2 Å². The molecule has 19 heteroatoms. The molecule has 0 rings (SSSR count). The van der Waals surface area contributed by atoms with Crippen molar-refractivity contribution in [2.75, 3.05) is 39.6 Å². The van der Waals surface area contributed by atoms with Gasteiger partial charge in [0.1, 0.15) is 19.3 Å². The third-order valence-electron chi connectivity index (χ3n) is 18.1. The lowest BCUT2D eigenvalue weighted by molar-refractivity contribution is -0.161. The Morgan fingerprint density at radius 1 is 0.278 bits per heavy atom. The smallest absolute Gasteiger partial charge is 0.462 e. The van der Waals surface area contributed by atoms with Crippen molar-refractivity contribution in [2.24, 2.45) is 17.8 Å². The van der Waals surface area contributed by atoms with Gasteiger partial charge in [0.05, 0.1) is 26.4 Å². The number of hydrogen-bond donors (Lipinski definition) is 3. The number of unbranched alkanes of at least 4 members (excludes halogenated alkanes) is 44. The number of phosphoric ester groups is 2. The van der Waals surface area contributed by atoms with E-state index in [1.807, 2.05) is 0 Å². The summed E-state index contributed by atoms with van der Waals surface area (Å²) in [4.78, 5) is 72.9. The lowest BCUT2D eigenvalue weighted by Gasteiger charge is -2.21. The minimum atomic E-state index is -4.96. The Morgan fingerprint density at radius 3 is 0.701 bits per heavy atom. The molecular weight excluding hydrogens is 1270 g/mol. The fraction of sp³-hybridized carbons (Fsp3) is 0.949. The number of phosphoric acid groups is 2. The van der Waals surface area contributed by atoms with Gasteiger partial charge in [-0.3, -0.25) is 37.3 Å². The fourth-order valence-electron chi connectivity index (χ4n) is 12.0. The number of carbonyl (C=O) groups excluding carboxylic acids is 4. The molecule has 0 aliphatic carbocycles. The zero-order valence-corrected chi connectivity index (χ0v) is 65.3. The third-order valence-corrected chi connectivity index (χ3v) is 20.0. The fourth-order valence-corrected chi connectivity index (χ4v) is 13.5. The van der Waals surface area contributed by atoms with E-state index < -0.39 is 97.5 Å². The summed E-state index contributed by atoms with van der Waals surface area (Å²) in [6, 6.07) is 0. The topological polar surface area (TPSA) is 237 Å². The Morgan fingerprint density at radius 2 is 0.474 bits per heavy atom. The van der Waals surface area contributed by atoms with Gasteiger partial charge in [-0.25, -0.2) is 9.13 Å². The van der Waals surface area contributed by atoms with E-state index in [1.54, 1.807) is 0 Å². The summed E-state index contributed by atoms with van der Waals surface area (Å²) < 4.78 is 68.6. The van der Waals surface area contributed by atoms with Gasteiger partial charge >= 0.3 is 39.5 Å². The minimum Gasteiger partial charge on any atom is -0.462 e. The quantitative estimate of drug-likeness (QED) is 0.0222. The summed E-state index contributed by atoms with van der Waals surface area (Å²) >= 11 is 0. The second-order valence-corrected chi connectivity index (χ2v) is 32.4. The Bertz CT molecular complexity index is 1890. The van der Waals surface area contributed by atoms with E-state index in [4.69, 9.17) is 37.0 Å². The van der Waals surface area contributed by atoms with Crippen molar-refractivity contribution >= 4 is 39.5 Å². The van der Waals surface area contributed by atoms with Crippen LogP contribution in [0.4, 0.5) is 0 Å². The van der Waals surface area contributed by atoms with Gasteiger partial charge < -0.3 is 33.8 Å². The van der Waals surface area contributed by atoms with E-state index in [1.165, 1.54) is 205 Å². The first kappa shape index (κ1) is 95.1. The summed E-state index contributed by atoms with van der Waals surface area (Å²) in [6.07, 6.45) is 55.6. The first-order chi connectivity index (χ1) is 46.7. The maximum Gasteiger partial charge on any atom is 0.472 e. The van der Waals surface area contributed by atoms with Crippen LogP contribution in [0, 0.1) is 17.8 Å². The van der Waals surface area contributed by atoms with E-state index in [0.29, 0.717) is 31.6 Å². The maximum atomic E-state index is 13.1. The van der Waals surface area contributed by atoms with Crippen LogP contribution in [0.25, 0.3) is 0 Å². The first-order valence-electron chi connectivity index (χ1n) is 40.3. The van der Waals surface area contributed by atoms with Crippen molar-refractivity contribution in [3.05, 3.63) is 0 Å². The minimum absolute atomic E-state index is 0.106. The highest BCUT2D eigenvalue weighted by atomic mass is 31.2. The third kappa shape index (κ3) is 72.2. The average Bonchev–Trinajstić information content (AvgIpc) is 1.91. The zero-order valence-electron chi connectivity index (χ0n) is 63.5. The molecule has 3 N–H and O–H groups in total. The summed E-state index contributed by atoms with van der Waals surface area (Å²) in [5.74, 6) is 0.131. The van der Waals surface area contributed by atoms with Crippen LogP contribution in [0.15, 0.2) is 0 Å². The predicted molar refractivity (Wildman–Crippen MR) is 395 cm³/mol. The van der Waals surface area contributed by atoms with Gasteiger partial charge in [0.15, 0.2) is 12.2 Å². The number of carbonyl (C=O) groups is 4. The van der Waals surface area contributed by atoms with Crippen LogP contribution in [0.1, 0.15) is 402 Å². The Balaban J connectivity index is 5.24. The molecule has 0 aliphatic rings. The van der Waals surface area contributed by atoms with Crippen molar-refractivity contribution in [3.8, 4) is 0 Å². The molecule has 5 atom stereocenters. The number of aliphatic hydroxyl groups excluding tert-OH is 1. The van der Waals surface area contributed by atoms with Crippen molar-refractivity contribution in [2.45, 2.75) is 420 Å². The van der Waals surface area contributed by atoms with Crippen LogP contribution in [-0.2, 0) is 65.4 Å². The Hall–Kier alpha value is -1.94. The number of rotatable bonds is 76. The van der Waals surface area contributed by atoms with Gasteiger partial charge in [-0.1, -0.05) is 350 Å². The van der Waals surface area contributed by atoms with Crippen LogP contribution < -0.4 is 0 Å². The number of hydrogen-bond acceptors (Lipinski definition) is 15. The zero-order chi connectivity index (χ0) is 71.6. The summed E-state index contributed by atoms with van der Waals surface area (Å²) in [5, 5.41) is 10.6. The van der Waals surface area contributed by atoms with E-state index in [0.717, 1.165) is 108 Å². The number of aliphatic hydroxyl groups is 1.